The van der Waals surface area contributed by atoms with Crippen LogP contribution >= 0.6 is 11.3 Å². The van der Waals surface area contributed by atoms with Crippen molar-refractivity contribution in [2.75, 3.05) is 26.9 Å². The zero-order valence-electron chi connectivity index (χ0n) is 34.5. The summed E-state index contributed by atoms with van der Waals surface area (Å²) in [5.41, 5.74) is 0.0545. The van der Waals surface area contributed by atoms with E-state index in [4.69, 9.17) is 28.9 Å². The number of ether oxygens (including phenoxy) is 4. The Bertz CT molecular complexity index is 2050. The average molecular weight is 816 g/mol. The number of ketones is 1. The summed E-state index contributed by atoms with van der Waals surface area (Å²) >= 11 is 1.58. The van der Waals surface area contributed by atoms with Gasteiger partial charge in [0.1, 0.15) is 30.3 Å². The molecule has 1 aromatic carbocycles. The van der Waals surface area contributed by atoms with Gasteiger partial charge >= 0.3 is 11.9 Å². The molecule has 7 rings (SSSR count). The lowest BCUT2D eigenvalue weighted by atomic mass is 9.77. The monoisotopic (exact) mass is 815 g/mol. The van der Waals surface area contributed by atoms with Gasteiger partial charge in [0.05, 0.1) is 58.9 Å². The zero-order valence-corrected chi connectivity index (χ0v) is 35.3. The Labute approximate surface area is 344 Å². The average Bonchev–Trinajstić information content (AvgIpc) is 3.83. The molecule has 3 aliphatic carbocycles. The van der Waals surface area contributed by atoms with Gasteiger partial charge in [-0.15, -0.1) is 17.9 Å². The highest BCUT2D eigenvalue weighted by Crippen LogP contribution is 2.57. The summed E-state index contributed by atoms with van der Waals surface area (Å²) in [6.45, 7) is 14.7. The van der Waals surface area contributed by atoms with Gasteiger partial charge in [-0.25, -0.2) is 9.97 Å². The lowest BCUT2D eigenvalue weighted by Gasteiger charge is -2.35. The van der Waals surface area contributed by atoms with Crippen LogP contribution in [0.3, 0.4) is 0 Å². The Morgan fingerprint density at radius 3 is 2.45 bits per heavy atom. The van der Waals surface area contributed by atoms with Crippen LogP contribution in [-0.4, -0.2) is 88.7 Å². The fourth-order valence-corrected chi connectivity index (χ4v) is 9.94. The Morgan fingerprint density at radius 2 is 1.79 bits per heavy atom. The lowest BCUT2D eigenvalue weighted by Crippen LogP contribution is -2.48. The SMILES string of the molecule is C=CC1C[C@]1(CC(=O)[C@@H]1C[C@@H](Oc2cc(-c3csc(CC(C)C)n3)nc3cc(OCCOC)ccc23)CN1C(=O)[C@@H](CC(=O)OC1C[C@@H]2C[C@@H]2C1)C(C)(C)C)C(=O)O. The number of carbonyl (C=O) groups excluding carboxylic acids is 3. The molecule has 3 saturated carbocycles. The number of hydrogen-bond acceptors (Lipinski definition) is 11. The Hall–Kier alpha value is -4.36. The molecule has 8 atom stereocenters. The van der Waals surface area contributed by atoms with Crippen LogP contribution in [0.1, 0.15) is 84.6 Å². The standard InChI is InChI=1S/C45H57N3O9S/c1-8-28-21-45(28,43(52)53)22-38(49)37-18-31(23-48(37)42(51)33(44(4,5)6)19-41(50)57-30-15-26-14-27(26)16-30)56-39-20-35(36-24-58-40(47-36)13-25(2)3)46-34-17-29(9-10-32(34)39)55-12-11-54-7/h8-10,17,20,24-28,30-31,33,37H,1,11-16,18-19,21-23H2,2-7H3,(H,52,53)/t26-,27+,28?,30?,31-,33-,37+,45-/m1/s1. The van der Waals surface area contributed by atoms with Crippen LogP contribution < -0.4 is 9.47 Å². The molecule has 13 heteroatoms. The van der Waals surface area contributed by atoms with Crippen LogP contribution in [0.2, 0.25) is 0 Å². The number of nitrogens with zero attached hydrogens (tertiary/aromatic N) is 3. The van der Waals surface area contributed by atoms with E-state index < -0.39 is 40.8 Å². The van der Waals surface area contributed by atoms with E-state index in [-0.39, 0.29) is 49.5 Å². The van der Waals surface area contributed by atoms with Gasteiger partial charge in [0, 0.05) is 49.3 Å². The number of carboxylic acid groups (broad SMARTS) is 1. The zero-order chi connectivity index (χ0) is 41.5. The molecule has 0 radical (unpaired) electrons. The molecular formula is C45H57N3O9S. The molecule has 12 nitrogen and oxygen atoms in total. The minimum Gasteiger partial charge on any atom is -0.491 e. The van der Waals surface area contributed by atoms with Gasteiger partial charge in [0.15, 0.2) is 5.78 Å². The van der Waals surface area contributed by atoms with Crippen molar-refractivity contribution >= 4 is 45.9 Å². The number of amides is 1. The van der Waals surface area contributed by atoms with Crippen molar-refractivity contribution in [2.24, 2.45) is 40.4 Å². The summed E-state index contributed by atoms with van der Waals surface area (Å²) in [5.74, 6) is -0.420. The van der Waals surface area contributed by atoms with Crippen molar-refractivity contribution in [2.45, 2.75) is 104 Å². The normalized spacial score (nSPS) is 26.6. The van der Waals surface area contributed by atoms with Gasteiger partial charge in [-0.1, -0.05) is 40.7 Å². The number of carbonyl (C=O) groups is 4. The second-order valence-electron chi connectivity index (χ2n) is 18.3. The second kappa shape index (κ2) is 16.7. The number of benzene rings is 1. The number of hydrogen-bond donors (Lipinski definition) is 1. The molecule has 0 bridgehead atoms. The number of likely N-dealkylation sites (tertiary alicyclic amines) is 1. The number of aromatic nitrogens is 2. The van der Waals surface area contributed by atoms with Crippen LogP contribution in [0.4, 0.5) is 0 Å². The number of fused-ring (bicyclic) bond motifs is 2. The molecule has 1 saturated heterocycles. The Morgan fingerprint density at radius 1 is 1.03 bits per heavy atom. The minimum atomic E-state index is -1.25. The molecule has 1 aliphatic heterocycles. The second-order valence-corrected chi connectivity index (χ2v) is 19.3. The maximum atomic E-state index is 14.8. The van der Waals surface area contributed by atoms with Crippen LogP contribution in [0.15, 0.2) is 42.3 Å². The van der Waals surface area contributed by atoms with Crippen molar-refractivity contribution in [3.05, 3.63) is 47.3 Å². The van der Waals surface area contributed by atoms with E-state index in [9.17, 15) is 24.3 Å². The maximum absolute atomic E-state index is 14.8. The number of carboxylic acids is 1. The van der Waals surface area contributed by atoms with Gasteiger partial charge in [0.25, 0.3) is 0 Å². The number of rotatable bonds is 18. The van der Waals surface area contributed by atoms with E-state index in [1.165, 1.54) is 11.3 Å². The summed E-state index contributed by atoms with van der Waals surface area (Å²) in [7, 11) is 1.61. The molecule has 3 aromatic rings. The Kier molecular flexibility index (Phi) is 12.0. The van der Waals surface area contributed by atoms with Gasteiger partial charge in [-0.05, 0) is 66.9 Å². The molecule has 3 heterocycles. The molecule has 4 fully saturated rings. The minimum absolute atomic E-state index is 0.0699. The maximum Gasteiger partial charge on any atom is 0.310 e. The number of aliphatic carboxylic acids is 1. The fraction of sp³-hybridized carbons (Fsp3) is 0.600. The number of pyridine rings is 1. The number of thiazole rings is 1. The first-order valence-corrected chi connectivity index (χ1v) is 21.5. The van der Waals surface area contributed by atoms with Gasteiger partial charge < -0.3 is 29.0 Å². The van der Waals surface area contributed by atoms with Gasteiger partial charge in [-0.3, -0.25) is 19.2 Å². The van der Waals surface area contributed by atoms with Crippen LogP contribution in [0, 0.1) is 40.4 Å². The topological polar surface area (TPSA) is 154 Å². The van der Waals surface area contributed by atoms with E-state index >= 15 is 0 Å². The van der Waals surface area contributed by atoms with E-state index in [0.717, 1.165) is 24.3 Å². The number of esters is 1. The van der Waals surface area contributed by atoms with E-state index in [1.54, 1.807) is 24.5 Å². The van der Waals surface area contributed by atoms with Crippen molar-refractivity contribution < 1.29 is 43.2 Å². The summed E-state index contributed by atoms with van der Waals surface area (Å²) in [6, 6.07) is 6.46. The summed E-state index contributed by atoms with van der Waals surface area (Å²) in [6.07, 6.45) is 4.75. The van der Waals surface area contributed by atoms with Crippen molar-refractivity contribution in [1.82, 2.24) is 14.9 Å². The highest BCUT2D eigenvalue weighted by atomic mass is 32.1. The largest absolute Gasteiger partial charge is 0.491 e. The quantitative estimate of drug-likeness (QED) is 0.0769. The first-order chi connectivity index (χ1) is 27.6. The third-order valence-corrected chi connectivity index (χ3v) is 13.3. The molecule has 2 aromatic heterocycles. The molecule has 2 unspecified atom stereocenters. The molecule has 0 spiro atoms. The summed E-state index contributed by atoms with van der Waals surface area (Å²) in [5, 5.41) is 13.9. The molecule has 4 aliphatic rings. The predicted molar refractivity (Wildman–Crippen MR) is 220 cm³/mol. The van der Waals surface area contributed by atoms with Gasteiger partial charge in [0.2, 0.25) is 5.91 Å². The number of allylic oxidation sites excluding steroid dienone is 1. The first kappa shape index (κ1) is 41.8. The molecule has 312 valence electrons. The van der Waals surface area contributed by atoms with Crippen molar-refractivity contribution in [3.8, 4) is 22.9 Å². The van der Waals surface area contributed by atoms with E-state index in [1.807, 2.05) is 50.4 Å². The van der Waals surface area contributed by atoms with Crippen LogP contribution in [0.25, 0.3) is 22.3 Å². The van der Waals surface area contributed by atoms with Gasteiger partial charge in [-0.2, -0.15) is 0 Å². The van der Waals surface area contributed by atoms with E-state index in [0.29, 0.717) is 71.2 Å². The van der Waals surface area contributed by atoms with Crippen molar-refractivity contribution in [3.63, 3.8) is 0 Å². The fourth-order valence-electron chi connectivity index (χ4n) is 8.94. The summed E-state index contributed by atoms with van der Waals surface area (Å²) < 4.78 is 23.8. The lowest BCUT2D eigenvalue weighted by molar-refractivity contribution is -0.157. The smallest absolute Gasteiger partial charge is 0.310 e. The van der Waals surface area contributed by atoms with Crippen LogP contribution in [0.5, 0.6) is 11.5 Å². The number of Topliss-reactive ketones (excluding diaryl/α,β-unsaturated/α-hetero) is 1. The molecule has 58 heavy (non-hydrogen) atoms. The molecular weight excluding hydrogens is 759 g/mol. The number of methoxy groups -OCH3 is 1. The molecule has 1 N–H and O–H groups in total. The predicted octanol–water partition coefficient (Wildman–Crippen LogP) is 7.56. The third kappa shape index (κ3) is 9.10. The van der Waals surface area contributed by atoms with Crippen molar-refractivity contribution in [1.29, 1.82) is 0 Å². The van der Waals surface area contributed by atoms with E-state index in [2.05, 4.69) is 20.4 Å². The highest BCUT2D eigenvalue weighted by Gasteiger charge is 2.61. The van der Waals surface area contributed by atoms with Crippen LogP contribution in [-0.2, 0) is 35.1 Å². The first-order valence-electron chi connectivity index (χ1n) is 20.6. The Balaban J connectivity index is 1.19. The highest BCUT2D eigenvalue weighted by molar-refractivity contribution is 7.09. The third-order valence-electron chi connectivity index (χ3n) is 12.5. The molecule has 1 amide bonds. The summed E-state index contributed by atoms with van der Waals surface area (Å²) in [4.78, 5) is 66.4.